The highest BCUT2D eigenvalue weighted by Gasteiger charge is 2.11. The SMILES string of the molecule is Cc1ccc(NC(=O)c2csc(CCN)n2)c(C)c1. The van der Waals surface area contributed by atoms with Crippen LogP contribution in [0.1, 0.15) is 26.6 Å². The van der Waals surface area contributed by atoms with Crippen molar-refractivity contribution in [2.45, 2.75) is 20.3 Å². The molecule has 2 aromatic rings. The number of anilines is 1. The van der Waals surface area contributed by atoms with Gasteiger partial charge in [0.15, 0.2) is 0 Å². The van der Waals surface area contributed by atoms with Crippen molar-refractivity contribution in [2.75, 3.05) is 11.9 Å². The highest BCUT2D eigenvalue weighted by Crippen LogP contribution is 2.18. The van der Waals surface area contributed by atoms with E-state index in [2.05, 4.69) is 10.3 Å². The predicted molar refractivity (Wildman–Crippen MR) is 78.7 cm³/mol. The fourth-order valence-corrected chi connectivity index (χ4v) is 2.59. The van der Waals surface area contributed by atoms with E-state index in [1.165, 1.54) is 16.9 Å². The van der Waals surface area contributed by atoms with Crippen molar-refractivity contribution in [1.29, 1.82) is 0 Å². The van der Waals surface area contributed by atoms with E-state index in [1.807, 2.05) is 32.0 Å². The Hall–Kier alpha value is -1.72. The highest BCUT2D eigenvalue weighted by molar-refractivity contribution is 7.09. The molecule has 0 aliphatic heterocycles. The zero-order valence-corrected chi connectivity index (χ0v) is 11.9. The van der Waals surface area contributed by atoms with Crippen molar-refractivity contribution < 1.29 is 4.79 Å². The molecule has 0 spiro atoms. The molecule has 5 heteroatoms. The minimum atomic E-state index is -0.175. The van der Waals surface area contributed by atoms with Gasteiger partial charge in [-0.3, -0.25) is 4.79 Å². The number of benzene rings is 1. The first-order chi connectivity index (χ1) is 9.10. The molecule has 0 aliphatic rings. The van der Waals surface area contributed by atoms with Crippen molar-refractivity contribution in [3.8, 4) is 0 Å². The third-order valence-electron chi connectivity index (χ3n) is 2.77. The van der Waals surface area contributed by atoms with Crippen LogP contribution in [0.5, 0.6) is 0 Å². The summed E-state index contributed by atoms with van der Waals surface area (Å²) in [5.41, 5.74) is 8.97. The number of thiazole rings is 1. The molecule has 1 heterocycles. The molecule has 3 N–H and O–H groups in total. The maximum absolute atomic E-state index is 12.1. The summed E-state index contributed by atoms with van der Waals surface area (Å²) >= 11 is 1.47. The van der Waals surface area contributed by atoms with Crippen LogP contribution in [0.2, 0.25) is 0 Å². The van der Waals surface area contributed by atoms with Gasteiger partial charge in [0, 0.05) is 17.5 Å². The third-order valence-corrected chi connectivity index (χ3v) is 3.68. The van der Waals surface area contributed by atoms with E-state index in [0.717, 1.165) is 16.3 Å². The molecule has 2 rings (SSSR count). The first-order valence-corrected chi connectivity index (χ1v) is 7.01. The van der Waals surface area contributed by atoms with Crippen molar-refractivity contribution in [1.82, 2.24) is 4.98 Å². The topological polar surface area (TPSA) is 68.0 Å². The summed E-state index contributed by atoms with van der Waals surface area (Å²) in [7, 11) is 0. The van der Waals surface area contributed by atoms with Crippen LogP contribution < -0.4 is 11.1 Å². The van der Waals surface area contributed by atoms with Gasteiger partial charge in [-0.1, -0.05) is 17.7 Å². The Bertz CT molecular complexity index is 592. The van der Waals surface area contributed by atoms with Gasteiger partial charge < -0.3 is 11.1 Å². The minimum absolute atomic E-state index is 0.175. The molecular formula is C14H17N3OS. The number of rotatable bonds is 4. The first-order valence-electron chi connectivity index (χ1n) is 6.13. The summed E-state index contributed by atoms with van der Waals surface area (Å²) in [5, 5.41) is 5.55. The average molecular weight is 275 g/mol. The van der Waals surface area contributed by atoms with Crippen LogP contribution in [0.25, 0.3) is 0 Å². The van der Waals surface area contributed by atoms with E-state index in [-0.39, 0.29) is 5.91 Å². The summed E-state index contributed by atoms with van der Waals surface area (Å²) in [4.78, 5) is 16.3. The zero-order chi connectivity index (χ0) is 13.8. The normalized spacial score (nSPS) is 10.5. The van der Waals surface area contributed by atoms with Gasteiger partial charge in [-0.15, -0.1) is 11.3 Å². The lowest BCUT2D eigenvalue weighted by Gasteiger charge is -2.07. The van der Waals surface area contributed by atoms with Gasteiger partial charge in [-0.2, -0.15) is 0 Å². The molecular weight excluding hydrogens is 258 g/mol. The Morgan fingerprint density at radius 1 is 1.42 bits per heavy atom. The molecule has 0 radical (unpaired) electrons. The molecule has 0 aliphatic carbocycles. The number of nitrogens with one attached hydrogen (secondary N) is 1. The van der Waals surface area contributed by atoms with Gasteiger partial charge >= 0.3 is 0 Å². The number of hydrogen-bond acceptors (Lipinski definition) is 4. The summed E-state index contributed by atoms with van der Waals surface area (Å²) in [6.45, 7) is 4.55. The summed E-state index contributed by atoms with van der Waals surface area (Å²) in [5.74, 6) is -0.175. The maximum atomic E-state index is 12.1. The minimum Gasteiger partial charge on any atom is -0.330 e. The third kappa shape index (κ3) is 3.39. The second-order valence-corrected chi connectivity index (χ2v) is 5.38. The van der Waals surface area contributed by atoms with Gasteiger partial charge in [0.1, 0.15) is 5.69 Å². The quantitative estimate of drug-likeness (QED) is 0.901. The molecule has 19 heavy (non-hydrogen) atoms. The summed E-state index contributed by atoms with van der Waals surface area (Å²) in [6.07, 6.45) is 0.710. The fourth-order valence-electron chi connectivity index (χ4n) is 1.79. The average Bonchev–Trinajstić information content (AvgIpc) is 2.82. The number of carbonyl (C=O) groups excluding carboxylic acids is 1. The number of aromatic nitrogens is 1. The lowest BCUT2D eigenvalue weighted by atomic mass is 10.1. The van der Waals surface area contributed by atoms with Crippen LogP contribution in [-0.2, 0) is 6.42 Å². The van der Waals surface area contributed by atoms with Crippen LogP contribution in [0.4, 0.5) is 5.69 Å². The summed E-state index contributed by atoms with van der Waals surface area (Å²) in [6, 6.07) is 5.93. The number of aryl methyl sites for hydroxylation is 2. The van der Waals surface area contributed by atoms with Gasteiger partial charge in [0.05, 0.1) is 5.01 Å². The van der Waals surface area contributed by atoms with Crippen molar-refractivity contribution in [2.24, 2.45) is 5.73 Å². The van der Waals surface area contributed by atoms with Crippen LogP contribution in [0.3, 0.4) is 0 Å². The Balaban J connectivity index is 2.11. The van der Waals surface area contributed by atoms with Gasteiger partial charge in [-0.05, 0) is 32.0 Å². The largest absolute Gasteiger partial charge is 0.330 e. The molecule has 1 aromatic heterocycles. The van der Waals surface area contributed by atoms with Crippen molar-refractivity contribution in [3.05, 3.63) is 45.4 Å². The Labute approximate surface area is 116 Å². The van der Waals surface area contributed by atoms with E-state index < -0.39 is 0 Å². The first kappa shape index (κ1) is 13.7. The molecule has 0 unspecified atom stereocenters. The van der Waals surface area contributed by atoms with E-state index in [1.54, 1.807) is 5.38 Å². The fraction of sp³-hybridized carbons (Fsp3) is 0.286. The van der Waals surface area contributed by atoms with Crippen LogP contribution >= 0.6 is 11.3 Å². The van der Waals surface area contributed by atoms with Gasteiger partial charge in [-0.25, -0.2) is 4.98 Å². The molecule has 100 valence electrons. The van der Waals surface area contributed by atoms with E-state index in [0.29, 0.717) is 18.7 Å². The summed E-state index contributed by atoms with van der Waals surface area (Å²) < 4.78 is 0. The monoisotopic (exact) mass is 275 g/mol. The molecule has 1 aromatic carbocycles. The zero-order valence-electron chi connectivity index (χ0n) is 11.1. The molecule has 0 atom stereocenters. The Morgan fingerprint density at radius 2 is 2.21 bits per heavy atom. The van der Waals surface area contributed by atoms with Crippen LogP contribution in [-0.4, -0.2) is 17.4 Å². The molecule has 0 saturated heterocycles. The number of amides is 1. The molecule has 0 saturated carbocycles. The number of carbonyl (C=O) groups is 1. The van der Waals surface area contributed by atoms with Crippen LogP contribution in [0, 0.1) is 13.8 Å². The van der Waals surface area contributed by atoms with Gasteiger partial charge in [0.2, 0.25) is 0 Å². The molecule has 1 amide bonds. The van der Waals surface area contributed by atoms with E-state index in [4.69, 9.17) is 5.73 Å². The Morgan fingerprint density at radius 3 is 2.89 bits per heavy atom. The second kappa shape index (κ2) is 5.95. The lowest BCUT2D eigenvalue weighted by molar-refractivity contribution is 0.102. The second-order valence-electron chi connectivity index (χ2n) is 4.44. The number of nitrogens with zero attached hydrogens (tertiary/aromatic N) is 1. The standard InChI is InChI=1S/C14H17N3OS/c1-9-3-4-11(10(2)7-9)17-14(18)12-8-19-13(16-12)5-6-15/h3-4,7-8H,5-6,15H2,1-2H3,(H,17,18). The molecule has 0 fully saturated rings. The lowest BCUT2D eigenvalue weighted by Crippen LogP contribution is -2.13. The number of nitrogens with two attached hydrogens (primary N) is 1. The van der Waals surface area contributed by atoms with Crippen molar-refractivity contribution >= 4 is 22.9 Å². The molecule has 4 nitrogen and oxygen atoms in total. The van der Waals surface area contributed by atoms with Gasteiger partial charge in [0.25, 0.3) is 5.91 Å². The van der Waals surface area contributed by atoms with Crippen LogP contribution in [0.15, 0.2) is 23.6 Å². The predicted octanol–water partition coefficient (Wildman–Crippen LogP) is 2.51. The smallest absolute Gasteiger partial charge is 0.275 e. The number of hydrogen-bond donors (Lipinski definition) is 2. The van der Waals surface area contributed by atoms with E-state index >= 15 is 0 Å². The highest BCUT2D eigenvalue weighted by atomic mass is 32.1. The van der Waals surface area contributed by atoms with Crippen molar-refractivity contribution in [3.63, 3.8) is 0 Å². The molecule has 0 bridgehead atoms. The van der Waals surface area contributed by atoms with E-state index in [9.17, 15) is 4.79 Å². The Kier molecular flexibility index (Phi) is 4.29. The maximum Gasteiger partial charge on any atom is 0.275 e.